The van der Waals surface area contributed by atoms with Gasteiger partial charge >= 0.3 is 0 Å². The number of thiophene rings is 1. The van der Waals surface area contributed by atoms with E-state index < -0.39 is 6.85 Å². The van der Waals surface area contributed by atoms with Gasteiger partial charge < -0.3 is 14.6 Å². The first-order valence-electron chi connectivity index (χ1n) is 15.4. The van der Waals surface area contributed by atoms with Crippen LogP contribution in [-0.4, -0.2) is 4.98 Å². The van der Waals surface area contributed by atoms with E-state index in [-0.39, 0.29) is 11.9 Å². The highest BCUT2D eigenvalue weighted by Crippen LogP contribution is 2.52. The second-order valence-corrected chi connectivity index (χ2v) is 11.6. The van der Waals surface area contributed by atoms with E-state index in [0.717, 1.165) is 76.0 Å². The number of fused-ring (bicyclic) bond motifs is 7. The van der Waals surface area contributed by atoms with Crippen molar-refractivity contribution in [1.29, 1.82) is 0 Å². The first-order valence-corrected chi connectivity index (χ1v) is 14.7. The van der Waals surface area contributed by atoms with Crippen molar-refractivity contribution < 1.29 is 8.53 Å². The van der Waals surface area contributed by atoms with Gasteiger partial charge in [0.05, 0.1) is 22.4 Å². The fourth-order valence-electron chi connectivity index (χ4n) is 6.41. The van der Waals surface area contributed by atoms with Gasteiger partial charge in [0.1, 0.15) is 22.2 Å². The summed E-state index contributed by atoms with van der Waals surface area (Å²) >= 11 is 1.54. The molecule has 4 nitrogen and oxygen atoms in total. The van der Waals surface area contributed by atoms with Crippen molar-refractivity contribution in [3.63, 3.8) is 0 Å². The van der Waals surface area contributed by atoms with Crippen molar-refractivity contribution >= 4 is 70.6 Å². The number of furan rings is 1. The SMILES string of the molecule is [2H]C([2H])([2H])c1ccc2c(n1)sc1c(C3Nc4ccccc4N3c3ccc(-c4ccccc4)c4oc5ccccc5c34)cccc12. The summed E-state index contributed by atoms with van der Waals surface area (Å²) in [5, 5.41) is 7.96. The fraction of sp³-hybridized carbons (Fsp3) is 0.0541. The first kappa shape index (κ1) is 20.7. The molecule has 0 fully saturated rings. The van der Waals surface area contributed by atoms with Gasteiger partial charge in [-0.2, -0.15) is 0 Å². The van der Waals surface area contributed by atoms with Gasteiger partial charge in [-0.05, 0) is 54.9 Å². The Morgan fingerprint density at radius 1 is 0.762 bits per heavy atom. The van der Waals surface area contributed by atoms with Crippen LogP contribution in [0.3, 0.4) is 0 Å². The molecule has 0 saturated carbocycles. The Bertz CT molecular complexity index is 2430. The molecule has 0 amide bonds. The molecule has 4 heterocycles. The number of aryl methyl sites for hydroxylation is 1. The lowest BCUT2D eigenvalue weighted by atomic mass is 9.99. The number of hydrogen-bond donors (Lipinski definition) is 1. The Kier molecular flexibility index (Phi) is 4.40. The minimum Gasteiger partial charge on any atom is -0.455 e. The molecule has 9 rings (SSSR count). The van der Waals surface area contributed by atoms with Crippen molar-refractivity contribution in [2.45, 2.75) is 13.0 Å². The third-order valence-corrected chi connectivity index (χ3v) is 9.42. The van der Waals surface area contributed by atoms with Gasteiger partial charge in [-0.3, -0.25) is 0 Å². The molecule has 1 aliphatic rings. The van der Waals surface area contributed by atoms with E-state index in [2.05, 4.69) is 100 Å². The van der Waals surface area contributed by atoms with E-state index in [9.17, 15) is 0 Å². The topological polar surface area (TPSA) is 41.3 Å². The highest BCUT2D eigenvalue weighted by molar-refractivity contribution is 7.25. The predicted molar refractivity (Wildman–Crippen MR) is 176 cm³/mol. The predicted octanol–water partition coefficient (Wildman–Crippen LogP) is 10.6. The number of nitrogens with one attached hydrogen (secondary N) is 1. The highest BCUT2D eigenvalue weighted by Gasteiger charge is 2.34. The van der Waals surface area contributed by atoms with Gasteiger partial charge in [-0.25, -0.2) is 4.98 Å². The molecule has 5 heteroatoms. The van der Waals surface area contributed by atoms with E-state index in [1.165, 1.54) is 0 Å². The summed E-state index contributed by atoms with van der Waals surface area (Å²) in [5.74, 6) is 0. The van der Waals surface area contributed by atoms with Gasteiger partial charge in [0.25, 0.3) is 0 Å². The molecule has 0 aliphatic carbocycles. The van der Waals surface area contributed by atoms with Gasteiger partial charge in [-0.15, -0.1) is 11.3 Å². The van der Waals surface area contributed by atoms with Crippen LogP contribution in [0.4, 0.5) is 17.1 Å². The molecule has 1 N–H and O–H groups in total. The molecule has 1 aliphatic heterocycles. The zero-order valence-corrected chi connectivity index (χ0v) is 23.2. The summed E-state index contributed by atoms with van der Waals surface area (Å²) in [7, 11) is 0. The van der Waals surface area contributed by atoms with E-state index >= 15 is 0 Å². The maximum absolute atomic E-state index is 7.89. The number of nitrogens with zero attached hydrogens (tertiary/aromatic N) is 2. The molecule has 1 atom stereocenters. The van der Waals surface area contributed by atoms with Crippen LogP contribution in [0.5, 0.6) is 0 Å². The molecule has 200 valence electrons. The standard InChI is InChI=1S/C37H25N3OS/c1-22-18-19-26-25-13-9-14-28(35(25)42-37(26)38-22)36-39-29-15-6-7-16-30(29)40(36)31-21-20-24(23-10-3-2-4-11-23)34-33(31)27-12-5-8-17-32(27)41-34/h2-21,36,39H,1H3/i1D3. The van der Waals surface area contributed by atoms with Crippen LogP contribution in [0.15, 0.2) is 126 Å². The lowest BCUT2D eigenvalue weighted by Crippen LogP contribution is -2.23. The Balaban J connectivity index is 1.30. The quantitative estimate of drug-likeness (QED) is 0.233. The first-order chi connectivity index (χ1) is 22.0. The van der Waals surface area contributed by atoms with Crippen LogP contribution >= 0.6 is 11.3 Å². The maximum atomic E-state index is 7.89. The van der Waals surface area contributed by atoms with Gasteiger partial charge in [0, 0.05) is 41.8 Å². The normalized spacial score (nSPS) is 16.0. The Morgan fingerprint density at radius 2 is 1.60 bits per heavy atom. The minimum absolute atomic E-state index is 0.115. The summed E-state index contributed by atoms with van der Waals surface area (Å²) in [6, 6.07) is 41.2. The fourth-order valence-corrected chi connectivity index (χ4v) is 7.63. The molecule has 0 radical (unpaired) electrons. The van der Waals surface area contributed by atoms with Crippen LogP contribution in [0.2, 0.25) is 0 Å². The highest BCUT2D eigenvalue weighted by atomic mass is 32.1. The number of aromatic nitrogens is 1. The van der Waals surface area contributed by atoms with E-state index in [0.29, 0.717) is 0 Å². The van der Waals surface area contributed by atoms with Crippen molar-refractivity contribution in [3.05, 3.63) is 133 Å². The summed E-state index contributed by atoms with van der Waals surface area (Å²) in [6.45, 7) is -2.26. The average Bonchev–Trinajstić information content (AvgIpc) is 3.75. The lowest BCUT2D eigenvalue weighted by molar-refractivity contribution is 0.670. The Labute approximate surface area is 250 Å². The van der Waals surface area contributed by atoms with Crippen LogP contribution < -0.4 is 10.2 Å². The number of anilines is 3. The second kappa shape index (κ2) is 8.93. The van der Waals surface area contributed by atoms with Crippen LogP contribution in [-0.2, 0) is 0 Å². The van der Waals surface area contributed by atoms with Crippen molar-refractivity contribution in [3.8, 4) is 11.1 Å². The molecule has 3 aromatic heterocycles. The zero-order chi connectivity index (χ0) is 30.3. The Morgan fingerprint density at radius 3 is 2.52 bits per heavy atom. The van der Waals surface area contributed by atoms with Crippen LogP contribution in [0.25, 0.3) is 53.4 Å². The maximum Gasteiger partial charge on any atom is 0.145 e. The second-order valence-electron chi connectivity index (χ2n) is 10.6. The number of pyridine rings is 1. The van der Waals surface area contributed by atoms with Crippen molar-refractivity contribution in [2.75, 3.05) is 10.2 Å². The molecule has 5 aromatic carbocycles. The molecular formula is C37H25N3OS. The third kappa shape index (κ3) is 3.37. The van der Waals surface area contributed by atoms with E-state index in [1.807, 2.05) is 30.3 Å². The summed E-state index contributed by atoms with van der Waals surface area (Å²) in [4.78, 5) is 7.68. The average molecular weight is 563 g/mol. The molecular weight excluding hydrogens is 534 g/mol. The summed E-state index contributed by atoms with van der Waals surface area (Å²) in [6.07, 6.45) is -0.235. The molecule has 0 bridgehead atoms. The third-order valence-electron chi connectivity index (χ3n) is 8.25. The smallest absolute Gasteiger partial charge is 0.145 e. The lowest BCUT2D eigenvalue weighted by Gasteiger charge is -2.28. The van der Waals surface area contributed by atoms with Crippen LogP contribution in [0, 0.1) is 6.85 Å². The number of para-hydroxylation sites is 3. The van der Waals surface area contributed by atoms with Gasteiger partial charge in [0.15, 0.2) is 0 Å². The molecule has 8 aromatic rings. The van der Waals surface area contributed by atoms with Gasteiger partial charge in [-0.1, -0.05) is 78.9 Å². The Hall–Kier alpha value is -5.13. The van der Waals surface area contributed by atoms with Gasteiger partial charge in [0.2, 0.25) is 0 Å². The summed E-state index contributed by atoms with van der Waals surface area (Å²) in [5.41, 5.74) is 8.20. The molecule has 0 saturated heterocycles. The van der Waals surface area contributed by atoms with Crippen molar-refractivity contribution in [1.82, 2.24) is 4.98 Å². The largest absolute Gasteiger partial charge is 0.455 e. The van der Waals surface area contributed by atoms with E-state index in [4.69, 9.17) is 8.53 Å². The zero-order valence-electron chi connectivity index (χ0n) is 25.3. The van der Waals surface area contributed by atoms with Crippen LogP contribution in [0.1, 0.15) is 21.5 Å². The number of benzene rings is 5. The number of hydrogen-bond acceptors (Lipinski definition) is 5. The number of rotatable bonds is 3. The minimum atomic E-state index is -2.26. The molecule has 1 unspecified atom stereocenters. The summed E-state index contributed by atoms with van der Waals surface area (Å²) < 4.78 is 31.4. The molecule has 42 heavy (non-hydrogen) atoms. The van der Waals surface area contributed by atoms with Crippen molar-refractivity contribution in [2.24, 2.45) is 0 Å². The monoisotopic (exact) mass is 562 g/mol. The van der Waals surface area contributed by atoms with E-state index in [1.54, 1.807) is 17.4 Å². The molecule has 0 spiro atoms.